The lowest BCUT2D eigenvalue weighted by atomic mass is 10.5. The Labute approximate surface area is 59.9 Å². The Morgan fingerprint density at radius 3 is 2.90 bits per heavy atom. The van der Waals surface area contributed by atoms with Crippen molar-refractivity contribution in [3.63, 3.8) is 0 Å². The summed E-state index contributed by atoms with van der Waals surface area (Å²) in [7, 11) is -1.59. The fourth-order valence-electron chi connectivity index (χ4n) is 0.521. The van der Waals surface area contributed by atoms with Gasteiger partial charge in [0.1, 0.15) is 0 Å². The summed E-state index contributed by atoms with van der Waals surface area (Å²) >= 11 is 0. The van der Waals surface area contributed by atoms with Crippen LogP contribution in [0.25, 0.3) is 0 Å². The largest absolute Gasteiger partial charge is 0.390 e. The number of aromatic nitrogens is 2. The van der Waals surface area contributed by atoms with Gasteiger partial charge in [0.15, 0.2) is 11.0 Å². The molecule has 0 saturated heterocycles. The van der Waals surface area contributed by atoms with E-state index in [-0.39, 0.29) is 11.8 Å². The zero-order chi connectivity index (χ0) is 7.56. The van der Waals surface area contributed by atoms with Crippen LogP contribution in [-0.2, 0) is 17.6 Å². The Morgan fingerprint density at radius 2 is 2.60 bits per heavy atom. The van der Waals surface area contributed by atoms with Crippen molar-refractivity contribution in [1.29, 1.82) is 0 Å². The van der Waals surface area contributed by atoms with Crippen LogP contribution in [0, 0.1) is 0 Å². The second-order valence-electron chi connectivity index (χ2n) is 1.67. The van der Waals surface area contributed by atoms with Crippen LogP contribution in [0.5, 0.6) is 0 Å². The molecular formula is C4H7N3O2S. The van der Waals surface area contributed by atoms with Gasteiger partial charge in [0.25, 0.3) is 0 Å². The molecule has 0 fully saturated rings. The van der Waals surface area contributed by atoms with Gasteiger partial charge in [0.2, 0.25) is 5.16 Å². The first kappa shape index (κ1) is 7.39. The van der Waals surface area contributed by atoms with Crippen molar-refractivity contribution < 1.29 is 9.32 Å². The van der Waals surface area contributed by atoms with Gasteiger partial charge < -0.3 is 10.1 Å². The maximum Gasteiger partial charge on any atom is 0.212 e. The number of aromatic amines is 1. The average molecular weight is 161 g/mol. The average Bonchev–Trinajstić information content (AvgIpc) is 2.34. The topological polar surface area (TPSA) is 92.0 Å². The molecule has 0 aliphatic carbocycles. The molecule has 1 rings (SSSR count). The Bertz CT molecular complexity index is 246. The quantitative estimate of drug-likeness (QED) is 0.513. The standard InChI is InChI=1S/C4H7N3O2S/c5-10(9)4-6-1-3(2-8)7-4/h1,8H,2,5H2,(H,6,7). The summed E-state index contributed by atoms with van der Waals surface area (Å²) < 4.78 is 10.5. The zero-order valence-corrected chi connectivity index (χ0v) is 5.89. The molecule has 0 bridgehead atoms. The molecule has 0 amide bonds. The third-order valence-corrected chi connectivity index (χ3v) is 1.55. The van der Waals surface area contributed by atoms with Gasteiger partial charge in [-0.2, -0.15) is 0 Å². The minimum atomic E-state index is -1.59. The summed E-state index contributed by atoms with van der Waals surface area (Å²) in [5.41, 5.74) is 0.508. The molecule has 5 nitrogen and oxygen atoms in total. The van der Waals surface area contributed by atoms with Crippen LogP contribution in [0.4, 0.5) is 0 Å². The minimum Gasteiger partial charge on any atom is -0.390 e. The number of nitrogens with two attached hydrogens (primary N) is 1. The van der Waals surface area contributed by atoms with Crippen LogP contribution in [0.1, 0.15) is 5.69 Å². The van der Waals surface area contributed by atoms with Gasteiger partial charge in [-0.15, -0.1) is 0 Å². The minimum absolute atomic E-state index is 0.149. The van der Waals surface area contributed by atoms with Crippen molar-refractivity contribution in [3.8, 4) is 0 Å². The fraction of sp³-hybridized carbons (Fsp3) is 0.250. The van der Waals surface area contributed by atoms with E-state index in [4.69, 9.17) is 10.2 Å². The van der Waals surface area contributed by atoms with Crippen molar-refractivity contribution in [1.82, 2.24) is 9.97 Å². The highest BCUT2D eigenvalue weighted by Gasteiger charge is 2.01. The van der Waals surface area contributed by atoms with Crippen molar-refractivity contribution in [2.45, 2.75) is 11.8 Å². The van der Waals surface area contributed by atoms with E-state index in [1.165, 1.54) is 6.20 Å². The third kappa shape index (κ3) is 1.41. The van der Waals surface area contributed by atoms with Gasteiger partial charge in [0, 0.05) is 0 Å². The highest BCUT2D eigenvalue weighted by Crippen LogP contribution is 1.97. The lowest BCUT2D eigenvalue weighted by Gasteiger charge is -1.86. The summed E-state index contributed by atoms with van der Waals surface area (Å²) in [6.45, 7) is -0.149. The summed E-state index contributed by atoms with van der Waals surface area (Å²) in [5.74, 6) is 0. The third-order valence-electron chi connectivity index (χ3n) is 0.966. The summed E-state index contributed by atoms with van der Waals surface area (Å²) in [6, 6.07) is 0. The summed E-state index contributed by atoms with van der Waals surface area (Å²) in [6.07, 6.45) is 1.39. The Kier molecular flexibility index (Phi) is 2.15. The van der Waals surface area contributed by atoms with Gasteiger partial charge in [0.05, 0.1) is 18.5 Å². The molecule has 1 aromatic rings. The second kappa shape index (κ2) is 2.91. The maximum atomic E-state index is 10.5. The van der Waals surface area contributed by atoms with Crippen molar-refractivity contribution in [2.75, 3.05) is 0 Å². The van der Waals surface area contributed by atoms with E-state index < -0.39 is 11.0 Å². The molecule has 0 aliphatic rings. The van der Waals surface area contributed by atoms with E-state index in [1.807, 2.05) is 0 Å². The molecule has 0 aromatic carbocycles. The van der Waals surface area contributed by atoms with Crippen molar-refractivity contribution in [2.24, 2.45) is 5.14 Å². The molecular weight excluding hydrogens is 154 g/mol. The molecule has 1 heterocycles. The molecule has 1 aromatic heterocycles. The van der Waals surface area contributed by atoms with Crippen LogP contribution >= 0.6 is 0 Å². The fourth-order valence-corrected chi connectivity index (χ4v) is 0.909. The molecule has 0 radical (unpaired) electrons. The Morgan fingerprint density at radius 1 is 1.90 bits per heavy atom. The molecule has 10 heavy (non-hydrogen) atoms. The van der Waals surface area contributed by atoms with E-state index in [2.05, 4.69) is 9.97 Å². The monoisotopic (exact) mass is 161 g/mol. The number of hydrogen-bond acceptors (Lipinski definition) is 3. The molecule has 1 unspecified atom stereocenters. The van der Waals surface area contributed by atoms with Gasteiger partial charge >= 0.3 is 0 Å². The van der Waals surface area contributed by atoms with Crippen LogP contribution < -0.4 is 5.14 Å². The van der Waals surface area contributed by atoms with Crippen LogP contribution in [0.3, 0.4) is 0 Å². The van der Waals surface area contributed by atoms with Crippen LogP contribution in [-0.4, -0.2) is 19.3 Å². The Hall–Kier alpha value is -0.720. The molecule has 1 atom stereocenters. The predicted molar refractivity (Wildman–Crippen MR) is 35.1 cm³/mol. The number of nitrogens with one attached hydrogen (secondary N) is 1. The number of nitrogens with zero attached hydrogens (tertiary/aromatic N) is 1. The number of aliphatic hydroxyl groups excluding tert-OH is 1. The van der Waals surface area contributed by atoms with E-state index in [0.717, 1.165) is 0 Å². The second-order valence-corrected chi connectivity index (χ2v) is 2.65. The van der Waals surface area contributed by atoms with E-state index in [1.54, 1.807) is 0 Å². The smallest absolute Gasteiger partial charge is 0.212 e. The molecule has 0 spiro atoms. The van der Waals surface area contributed by atoms with Gasteiger partial charge in [-0.1, -0.05) is 0 Å². The highest BCUT2D eigenvalue weighted by atomic mass is 32.2. The first-order valence-corrected chi connectivity index (χ1v) is 3.76. The lowest BCUT2D eigenvalue weighted by molar-refractivity contribution is 0.277. The predicted octanol–water partition coefficient (Wildman–Crippen LogP) is -1.12. The van der Waals surface area contributed by atoms with Gasteiger partial charge in [-0.25, -0.2) is 14.3 Å². The molecule has 0 saturated carbocycles. The number of rotatable bonds is 2. The number of aliphatic hydroxyl groups is 1. The Balaban J connectivity index is 2.88. The first-order chi connectivity index (χ1) is 4.74. The number of imidazole rings is 1. The maximum absolute atomic E-state index is 10.5. The molecule has 0 aliphatic heterocycles. The highest BCUT2D eigenvalue weighted by molar-refractivity contribution is 7.82. The normalized spacial score (nSPS) is 13.4. The van der Waals surface area contributed by atoms with Crippen molar-refractivity contribution in [3.05, 3.63) is 11.9 Å². The number of H-pyrrole nitrogens is 1. The lowest BCUT2D eigenvalue weighted by Crippen LogP contribution is -2.04. The van der Waals surface area contributed by atoms with Crippen LogP contribution in [0.2, 0.25) is 0 Å². The van der Waals surface area contributed by atoms with E-state index in [9.17, 15) is 4.21 Å². The summed E-state index contributed by atoms with van der Waals surface area (Å²) in [5, 5.41) is 13.7. The van der Waals surface area contributed by atoms with Gasteiger partial charge in [-0.05, 0) is 0 Å². The summed E-state index contributed by atoms with van der Waals surface area (Å²) in [4.78, 5) is 6.22. The molecule has 6 heteroatoms. The molecule has 4 N–H and O–H groups in total. The molecule has 56 valence electrons. The van der Waals surface area contributed by atoms with Crippen molar-refractivity contribution >= 4 is 11.0 Å². The van der Waals surface area contributed by atoms with Gasteiger partial charge in [-0.3, -0.25) is 0 Å². The van der Waals surface area contributed by atoms with Crippen LogP contribution in [0.15, 0.2) is 11.4 Å². The van der Waals surface area contributed by atoms with E-state index in [0.29, 0.717) is 5.69 Å². The zero-order valence-electron chi connectivity index (χ0n) is 5.07. The first-order valence-electron chi connectivity index (χ1n) is 2.55. The number of hydrogen-bond donors (Lipinski definition) is 3. The SMILES string of the molecule is NS(=O)c1ncc(CO)[nH]1. The van der Waals surface area contributed by atoms with E-state index >= 15 is 0 Å².